The third-order valence-electron chi connectivity index (χ3n) is 3.03. The van der Waals surface area contributed by atoms with E-state index >= 15 is 0 Å². The van der Waals surface area contributed by atoms with Crippen LogP contribution in [0.5, 0.6) is 0 Å². The lowest BCUT2D eigenvalue weighted by Crippen LogP contribution is -2.36. The number of rotatable bonds is 4. The van der Waals surface area contributed by atoms with Gasteiger partial charge in [0.1, 0.15) is 0 Å². The van der Waals surface area contributed by atoms with Gasteiger partial charge in [-0.2, -0.15) is 0 Å². The van der Waals surface area contributed by atoms with Crippen LogP contribution in [0.25, 0.3) is 0 Å². The fourth-order valence-corrected chi connectivity index (χ4v) is 2.31. The molecule has 98 valence electrons. The molecule has 3 nitrogen and oxygen atoms in total. The molecule has 0 spiro atoms. The van der Waals surface area contributed by atoms with Crippen LogP contribution in [0.4, 0.5) is 5.69 Å². The number of hydrogen-bond donors (Lipinski definition) is 1. The van der Waals surface area contributed by atoms with E-state index in [9.17, 15) is 4.79 Å². The van der Waals surface area contributed by atoms with Crippen LogP contribution in [0.2, 0.25) is 5.02 Å². The van der Waals surface area contributed by atoms with Gasteiger partial charge in [0, 0.05) is 18.3 Å². The van der Waals surface area contributed by atoms with Gasteiger partial charge < -0.3 is 10.6 Å². The highest BCUT2D eigenvalue weighted by Crippen LogP contribution is 2.30. The van der Waals surface area contributed by atoms with Crippen molar-refractivity contribution >= 4 is 23.2 Å². The minimum absolute atomic E-state index is 0.0243. The van der Waals surface area contributed by atoms with Gasteiger partial charge in [-0.1, -0.05) is 25.4 Å². The van der Waals surface area contributed by atoms with Crippen molar-refractivity contribution in [3.8, 4) is 0 Å². The Morgan fingerprint density at radius 1 is 1.50 bits per heavy atom. The highest BCUT2D eigenvalue weighted by atomic mass is 35.5. The highest BCUT2D eigenvalue weighted by Gasteiger charge is 2.33. The summed E-state index contributed by atoms with van der Waals surface area (Å²) in [5, 5.41) is 0.439. The molecule has 1 saturated carbocycles. The Kier molecular flexibility index (Phi) is 3.81. The van der Waals surface area contributed by atoms with Crippen LogP contribution in [-0.2, 0) is 0 Å². The maximum atomic E-state index is 12.5. The highest BCUT2D eigenvalue weighted by molar-refractivity contribution is 6.34. The van der Waals surface area contributed by atoms with Gasteiger partial charge >= 0.3 is 0 Å². The molecule has 4 heteroatoms. The molecule has 0 saturated heterocycles. The summed E-state index contributed by atoms with van der Waals surface area (Å²) in [6.45, 7) is 5.02. The summed E-state index contributed by atoms with van der Waals surface area (Å²) in [6, 6.07) is 5.47. The monoisotopic (exact) mass is 266 g/mol. The van der Waals surface area contributed by atoms with Crippen molar-refractivity contribution in [2.24, 2.45) is 5.92 Å². The summed E-state index contributed by atoms with van der Waals surface area (Å²) in [7, 11) is 0. The summed E-state index contributed by atoms with van der Waals surface area (Å²) in [4.78, 5) is 14.4. The van der Waals surface area contributed by atoms with E-state index in [1.54, 1.807) is 18.2 Å². The van der Waals surface area contributed by atoms with Crippen LogP contribution in [0.1, 0.15) is 37.0 Å². The molecule has 0 radical (unpaired) electrons. The molecule has 1 aromatic carbocycles. The average molecular weight is 267 g/mol. The predicted molar refractivity (Wildman–Crippen MR) is 74.8 cm³/mol. The quantitative estimate of drug-likeness (QED) is 0.851. The van der Waals surface area contributed by atoms with E-state index < -0.39 is 0 Å². The normalized spacial score (nSPS) is 14.9. The largest absolute Gasteiger partial charge is 0.399 e. The van der Waals surface area contributed by atoms with Crippen molar-refractivity contribution in [3.05, 3.63) is 28.8 Å². The van der Waals surface area contributed by atoms with E-state index in [1.807, 2.05) is 4.90 Å². The van der Waals surface area contributed by atoms with Gasteiger partial charge in [0.15, 0.2) is 0 Å². The summed E-state index contributed by atoms with van der Waals surface area (Å²) in [5.74, 6) is 0.485. The van der Waals surface area contributed by atoms with Crippen molar-refractivity contribution < 1.29 is 4.79 Å². The third-order valence-corrected chi connectivity index (χ3v) is 3.35. The van der Waals surface area contributed by atoms with Crippen molar-refractivity contribution in [1.29, 1.82) is 0 Å². The van der Waals surface area contributed by atoms with Gasteiger partial charge in [0.05, 0.1) is 10.6 Å². The van der Waals surface area contributed by atoms with Crippen LogP contribution in [0.3, 0.4) is 0 Å². The van der Waals surface area contributed by atoms with E-state index in [0.29, 0.717) is 28.2 Å². The zero-order chi connectivity index (χ0) is 13.3. The van der Waals surface area contributed by atoms with Gasteiger partial charge in [0.2, 0.25) is 0 Å². The Balaban J connectivity index is 2.22. The lowest BCUT2D eigenvalue weighted by molar-refractivity contribution is 0.0722. The number of hydrogen-bond acceptors (Lipinski definition) is 2. The molecule has 1 aliphatic rings. The maximum Gasteiger partial charge on any atom is 0.255 e. The van der Waals surface area contributed by atoms with Crippen molar-refractivity contribution in [2.75, 3.05) is 12.3 Å². The SMILES string of the molecule is CC(C)CN(C(=O)c1ccc(N)cc1Cl)C1CC1. The standard InChI is InChI=1S/C14H19ClN2O/c1-9(2)8-17(11-4-5-11)14(18)12-6-3-10(16)7-13(12)15/h3,6-7,9,11H,4-5,8,16H2,1-2H3. The molecule has 0 unspecified atom stereocenters. The lowest BCUT2D eigenvalue weighted by Gasteiger charge is -2.25. The first-order valence-electron chi connectivity index (χ1n) is 6.35. The first-order valence-corrected chi connectivity index (χ1v) is 6.73. The number of halogens is 1. The zero-order valence-electron chi connectivity index (χ0n) is 10.8. The van der Waals surface area contributed by atoms with Crippen LogP contribution < -0.4 is 5.73 Å². The van der Waals surface area contributed by atoms with Gasteiger partial charge in [-0.05, 0) is 37.0 Å². The Morgan fingerprint density at radius 3 is 2.67 bits per heavy atom. The minimum atomic E-state index is 0.0243. The van der Waals surface area contributed by atoms with Crippen LogP contribution >= 0.6 is 11.6 Å². The van der Waals surface area contributed by atoms with Crippen molar-refractivity contribution in [3.63, 3.8) is 0 Å². The van der Waals surface area contributed by atoms with Crippen molar-refractivity contribution in [1.82, 2.24) is 4.90 Å². The number of carbonyl (C=O) groups is 1. The molecular formula is C14H19ClN2O. The third kappa shape index (κ3) is 2.96. The summed E-state index contributed by atoms with van der Waals surface area (Å²) in [5.41, 5.74) is 6.78. The molecule has 0 heterocycles. The Bertz CT molecular complexity index is 455. The average Bonchev–Trinajstić information content (AvgIpc) is 3.08. The predicted octanol–water partition coefficient (Wildman–Crippen LogP) is 3.18. The number of nitrogens with two attached hydrogens (primary N) is 1. The molecule has 2 rings (SSSR count). The number of amides is 1. The Morgan fingerprint density at radius 2 is 2.17 bits per heavy atom. The van der Waals surface area contributed by atoms with Crippen LogP contribution in [0.15, 0.2) is 18.2 Å². The molecule has 18 heavy (non-hydrogen) atoms. The first-order chi connectivity index (χ1) is 8.49. The molecule has 1 aliphatic carbocycles. The number of benzene rings is 1. The molecule has 2 N–H and O–H groups in total. The summed E-state index contributed by atoms with van der Waals surface area (Å²) >= 11 is 6.10. The molecule has 0 aliphatic heterocycles. The van der Waals surface area contributed by atoms with Crippen molar-refractivity contribution in [2.45, 2.75) is 32.7 Å². The fraction of sp³-hybridized carbons (Fsp3) is 0.500. The smallest absolute Gasteiger partial charge is 0.255 e. The molecule has 0 atom stereocenters. The number of anilines is 1. The number of carbonyl (C=O) groups excluding carboxylic acids is 1. The summed E-state index contributed by atoms with van der Waals surface area (Å²) in [6.07, 6.45) is 2.20. The lowest BCUT2D eigenvalue weighted by atomic mass is 10.1. The van der Waals surface area contributed by atoms with Crippen LogP contribution in [-0.4, -0.2) is 23.4 Å². The molecule has 1 aromatic rings. The molecular weight excluding hydrogens is 248 g/mol. The Labute approximate surface area is 113 Å². The fourth-order valence-electron chi connectivity index (χ4n) is 2.04. The molecule has 1 fully saturated rings. The molecule has 1 amide bonds. The van der Waals surface area contributed by atoms with Crippen LogP contribution in [0, 0.1) is 5.92 Å². The number of nitrogens with zero attached hydrogens (tertiary/aromatic N) is 1. The van der Waals surface area contributed by atoms with Gasteiger partial charge in [0.25, 0.3) is 5.91 Å². The summed E-state index contributed by atoms with van der Waals surface area (Å²) < 4.78 is 0. The molecule has 0 aromatic heterocycles. The topological polar surface area (TPSA) is 46.3 Å². The van der Waals surface area contributed by atoms with E-state index in [4.69, 9.17) is 17.3 Å². The zero-order valence-corrected chi connectivity index (χ0v) is 11.6. The maximum absolute atomic E-state index is 12.5. The van der Waals surface area contributed by atoms with Gasteiger partial charge in [-0.3, -0.25) is 4.79 Å². The van der Waals surface area contributed by atoms with E-state index in [2.05, 4.69) is 13.8 Å². The van der Waals surface area contributed by atoms with E-state index in [0.717, 1.165) is 19.4 Å². The minimum Gasteiger partial charge on any atom is -0.399 e. The first kappa shape index (κ1) is 13.2. The van der Waals surface area contributed by atoms with Gasteiger partial charge in [-0.15, -0.1) is 0 Å². The van der Waals surface area contributed by atoms with E-state index in [1.165, 1.54) is 0 Å². The molecule has 0 bridgehead atoms. The Hall–Kier alpha value is -1.22. The van der Waals surface area contributed by atoms with E-state index in [-0.39, 0.29) is 5.91 Å². The second kappa shape index (κ2) is 5.19. The number of nitrogen functional groups attached to an aromatic ring is 1. The second-order valence-electron chi connectivity index (χ2n) is 5.32. The second-order valence-corrected chi connectivity index (χ2v) is 5.73. The van der Waals surface area contributed by atoms with Gasteiger partial charge in [-0.25, -0.2) is 0 Å².